The molecule has 0 spiro atoms. The summed E-state index contributed by atoms with van der Waals surface area (Å²) < 4.78 is 0. The zero-order chi connectivity index (χ0) is 14.0. The lowest BCUT2D eigenvalue weighted by atomic mass is 10.1. The van der Waals surface area contributed by atoms with E-state index in [1.807, 2.05) is 26.0 Å². The summed E-state index contributed by atoms with van der Waals surface area (Å²) in [5, 5.41) is 12.4. The molecule has 0 fully saturated rings. The van der Waals surface area contributed by atoms with Crippen LogP contribution in [0.25, 0.3) is 0 Å². The molecule has 0 aliphatic rings. The van der Waals surface area contributed by atoms with Gasteiger partial charge in [-0.3, -0.25) is 4.79 Å². The first-order valence-corrected chi connectivity index (χ1v) is 5.95. The molecule has 1 amide bonds. The molecule has 0 radical (unpaired) electrons. The predicted octanol–water partition coefficient (Wildman–Crippen LogP) is 2.84. The average molecular weight is 256 g/mol. The van der Waals surface area contributed by atoms with E-state index >= 15 is 0 Å². The van der Waals surface area contributed by atoms with Crippen LogP contribution < -0.4 is 11.1 Å². The van der Waals surface area contributed by atoms with Gasteiger partial charge in [-0.2, -0.15) is 0 Å². The standard InChI is InChI=1S/C15H16N2O2/c1-9-8-13(10(2)7-12(9)16)17-15(19)11-5-3-4-6-14(11)18/h3-8,18H,16H2,1-2H3,(H,17,19). The van der Waals surface area contributed by atoms with E-state index in [2.05, 4.69) is 5.32 Å². The molecule has 0 heterocycles. The van der Waals surface area contributed by atoms with Gasteiger partial charge in [0.15, 0.2) is 0 Å². The van der Waals surface area contributed by atoms with E-state index in [4.69, 9.17) is 5.73 Å². The summed E-state index contributed by atoms with van der Waals surface area (Å²) in [5.41, 5.74) is 9.22. The molecule has 4 N–H and O–H groups in total. The first kappa shape index (κ1) is 13.0. The van der Waals surface area contributed by atoms with E-state index in [1.165, 1.54) is 6.07 Å². The van der Waals surface area contributed by atoms with Crippen molar-refractivity contribution >= 4 is 17.3 Å². The van der Waals surface area contributed by atoms with E-state index < -0.39 is 0 Å². The maximum atomic E-state index is 12.1. The second-order valence-electron chi connectivity index (χ2n) is 4.49. The van der Waals surface area contributed by atoms with E-state index in [9.17, 15) is 9.90 Å². The minimum absolute atomic E-state index is 0.0372. The average Bonchev–Trinajstić information content (AvgIpc) is 2.36. The van der Waals surface area contributed by atoms with Crippen LogP contribution in [-0.2, 0) is 0 Å². The second kappa shape index (κ2) is 5.02. The van der Waals surface area contributed by atoms with E-state index in [0.29, 0.717) is 11.4 Å². The Kier molecular flexibility index (Phi) is 3.42. The molecule has 4 heteroatoms. The number of aryl methyl sites for hydroxylation is 2. The molecule has 0 bridgehead atoms. The SMILES string of the molecule is Cc1cc(NC(=O)c2ccccc2O)c(C)cc1N. The van der Waals surface area contributed by atoms with Crippen LogP contribution in [0.15, 0.2) is 36.4 Å². The molecule has 0 atom stereocenters. The van der Waals surface area contributed by atoms with Crippen molar-refractivity contribution in [3.8, 4) is 5.75 Å². The smallest absolute Gasteiger partial charge is 0.259 e. The van der Waals surface area contributed by atoms with Crippen LogP contribution in [0.4, 0.5) is 11.4 Å². The highest BCUT2D eigenvalue weighted by molar-refractivity contribution is 6.06. The Labute approximate surface area is 111 Å². The number of benzene rings is 2. The van der Waals surface area contributed by atoms with E-state index in [0.717, 1.165) is 11.1 Å². The van der Waals surface area contributed by atoms with Crippen LogP contribution >= 0.6 is 0 Å². The van der Waals surface area contributed by atoms with Crippen LogP contribution in [0.5, 0.6) is 5.75 Å². The molecular formula is C15H16N2O2. The quantitative estimate of drug-likeness (QED) is 0.723. The highest BCUT2D eigenvalue weighted by atomic mass is 16.3. The number of phenols is 1. The Morgan fingerprint density at radius 1 is 1.16 bits per heavy atom. The lowest BCUT2D eigenvalue weighted by Gasteiger charge is -2.11. The Morgan fingerprint density at radius 3 is 2.53 bits per heavy atom. The molecule has 0 unspecified atom stereocenters. The Balaban J connectivity index is 2.30. The number of para-hydroxylation sites is 1. The number of rotatable bonds is 2. The number of carbonyl (C=O) groups excluding carboxylic acids is 1. The van der Waals surface area contributed by atoms with Gasteiger partial charge in [0.1, 0.15) is 5.75 Å². The van der Waals surface area contributed by atoms with Crippen molar-refractivity contribution in [1.29, 1.82) is 0 Å². The van der Waals surface area contributed by atoms with Gasteiger partial charge in [0.25, 0.3) is 5.91 Å². The van der Waals surface area contributed by atoms with Crippen LogP contribution in [-0.4, -0.2) is 11.0 Å². The number of aromatic hydroxyl groups is 1. The first-order valence-electron chi connectivity index (χ1n) is 5.95. The fourth-order valence-electron chi connectivity index (χ4n) is 1.83. The molecule has 4 nitrogen and oxygen atoms in total. The molecule has 2 aromatic rings. The van der Waals surface area contributed by atoms with Gasteiger partial charge in [-0.05, 0) is 49.2 Å². The highest BCUT2D eigenvalue weighted by Crippen LogP contribution is 2.24. The number of hydrogen-bond acceptors (Lipinski definition) is 3. The first-order chi connectivity index (χ1) is 8.99. The topological polar surface area (TPSA) is 75.3 Å². The van der Waals surface area contributed by atoms with Crippen molar-refractivity contribution in [3.05, 3.63) is 53.1 Å². The highest BCUT2D eigenvalue weighted by Gasteiger charge is 2.12. The Hall–Kier alpha value is -2.49. The summed E-state index contributed by atoms with van der Waals surface area (Å²) >= 11 is 0. The molecule has 98 valence electrons. The molecule has 2 aromatic carbocycles. The number of nitrogens with two attached hydrogens (primary N) is 1. The van der Waals surface area contributed by atoms with Crippen molar-refractivity contribution in [2.45, 2.75) is 13.8 Å². The third-order valence-corrected chi connectivity index (χ3v) is 3.01. The molecule has 0 aliphatic heterocycles. The van der Waals surface area contributed by atoms with Gasteiger partial charge in [-0.25, -0.2) is 0 Å². The normalized spacial score (nSPS) is 10.2. The predicted molar refractivity (Wildman–Crippen MR) is 76.4 cm³/mol. The number of amides is 1. The summed E-state index contributed by atoms with van der Waals surface area (Å²) in [7, 11) is 0. The van der Waals surface area contributed by atoms with Crippen molar-refractivity contribution in [1.82, 2.24) is 0 Å². The molecule has 0 saturated carbocycles. The fourth-order valence-corrected chi connectivity index (χ4v) is 1.83. The van der Waals surface area contributed by atoms with Crippen molar-refractivity contribution < 1.29 is 9.90 Å². The van der Waals surface area contributed by atoms with Crippen LogP contribution in [0.1, 0.15) is 21.5 Å². The zero-order valence-electron chi connectivity index (χ0n) is 10.9. The maximum Gasteiger partial charge on any atom is 0.259 e. The summed E-state index contributed by atoms with van der Waals surface area (Å²) in [5.74, 6) is -0.379. The third-order valence-electron chi connectivity index (χ3n) is 3.01. The number of anilines is 2. The monoisotopic (exact) mass is 256 g/mol. The van der Waals surface area contributed by atoms with E-state index in [-0.39, 0.29) is 17.2 Å². The van der Waals surface area contributed by atoms with Gasteiger partial charge < -0.3 is 16.2 Å². The number of carbonyl (C=O) groups is 1. The van der Waals surface area contributed by atoms with Gasteiger partial charge in [0.2, 0.25) is 0 Å². The summed E-state index contributed by atoms with van der Waals surface area (Å²) in [6.45, 7) is 3.75. The maximum absolute atomic E-state index is 12.1. The van der Waals surface area contributed by atoms with Crippen LogP contribution in [0, 0.1) is 13.8 Å². The number of nitrogen functional groups attached to an aromatic ring is 1. The molecule has 2 rings (SSSR count). The molecule has 0 saturated heterocycles. The van der Waals surface area contributed by atoms with Crippen LogP contribution in [0.2, 0.25) is 0 Å². The molecular weight excluding hydrogens is 240 g/mol. The third kappa shape index (κ3) is 2.68. The Bertz CT molecular complexity index is 636. The minimum Gasteiger partial charge on any atom is -0.507 e. The number of hydrogen-bond donors (Lipinski definition) is 3. The van der Waals surface area contributed by atoms with E-state index in [1.54, 1.807) is 18.2 Å². The molecule has 19 heavy (non-hydrogen) atoms. The van der Waals surface area contributed by atoms with Crippen molar-refractivity contribution in [3.63, 3.8) is 0 Å². The molecule has 0 aliphatic carbocycles. The molecule has 0 aromatic heterocycles. The second-order valence-corrected chi connectivity index (χ2v) is 4.49. The summed E-state index contributed by atoms with van der Waals surface area (Å²) in [6, 6.07) is 10.1. The summed E-state index contributed by atoms with van der Waals surface area (Å²) in [6.07, 6.45) is 0. The van der Waals surface area contributed by atoms with Gasteiger partial charge in [-0.1, -0.05) is 12.1 Å². The number of nitrogens with one attached hydrogen (secondary N) is 1. The zero-order valence-corrected chi connectivity index (χ0v) is 10.9. The van der Waals surface area contributed by atoms with Gasteiger partial charge >= 0.3 is 0 Å². The fraction of sp³-hybridized carbons (Fsp3) is 0.133. The minimum atomic E-state index is -0.342. The lowest BCUT2D eigenvalue weighted by Crippen LogP contribution is -2.13. The van der Waals surface area contributed by atoms with Gasteiger partial charge in [0, 0.05) is 11.4 Å². The van der Waals surface area contributed by atoms with Crippen molar-refractivity contribution in [2.24, 2.45) is 0 Å². The largest absolute Gasteiger partial charge is 0.507 e. The van der Waals surface area contributed by atoms with Gasteiger partial charge in [-0.15, -0.1) is 0 Å². The van der Waals surface area contributed by atoms with Crippen LogP contribution in [0.3, 0.4) is 0 Å². The summed E-state index contributed by atoms with van der Waals surface area (Å²) in [4.78, 5) is 12.1. The Morgan fingerprint density at radius 2 is 1.84 bits per heavy atom. The van der Waals surface area contributed by atoms with Gasteiger partial charge in [0.05, 0.1) is 5.56 Å². The lowest BCUT2D eigenvalue weighted by molar-refractivity contribution is 0.102. The van der Waals surface area contributed by atoms with Crippen molar-refractivity contribution in [2.75, 3.05) is 11.1 Å². The number of phenolic OH excluding ortho intramolecular Hbond substituents is 1.